The van der Waals surface area contributed by atoms with Crippen molar-refractivity contribution in [1.82, 2.24) is 4.98 Å². The van der Waals surface area contributed by atoms with Crippen molar-refractivity contribution in [3.63, 3.8) is 0 Å². The third kappa shape index (κ3) is 4.34. The molecular formula is C9H10ClF3N2OS. The summed E-state index contributed by atoms with van der Waals surface area (Å²) in [5.74, 6) is 0.231. The van der Waals surface area contributed by atoms with Gasteiger partial charge < -0.3 is 10.8 Å². The monoisotopic (exact) mass is 286 g/mol. The van der Waals surface area contributed by atoms with Crippen molar-refractivity contribution in [2.45, 2.75) is 17.3 Å². The fraction of sp³-hybridized carbons (Fsp3) is 0.444. The summed E-state index contributed by atoms with van der Waals surface area (Å²) in [6.07, 6.45) is -4.49. The minimum absolute atomic E-state index is 0.0747. The van der Waals surface area contributed by atoms with Gasteiger partial charge in [0.1, 0.15) is 5.03 Å². The van der Waals surface area contributed by atoms with Gasteiger partial charge in [-0.1, -0.05) is 11.6 Å². The summed E-state index contributed by atoms with van der Waals surface area (Å²) in [5, 5.41) is 9.35. The number of rotatable bonds is 4. The lowest BCUT2D eigenvalue weighted by Gasteiger charge is -2.10. The van der Waals surface area contributed by atoms with Crippen LogP contribution in [-0.2, 0) is 6.18 Å². The maximum atomic E-state index is 12.3. The van der Waals surface area contributed by atoms with E-state index in [4.69, 9.17) is 17.3 Å². The molecule has 1 aromatic rings. The van der Waals surface area contributed by atoms with Crippen LogP contribution >= 0.6 is 23.4 Å². The van der Waals surface area contributed by atoms with Crippen LogP contribution in [0.3, 0.4) is 0 Å². The summed E-state index contributed by atoms with van der Waals surface area (Å²) in [6.45, 7) is 0.0747. The smallest absolute Gasteiger partial charge is 0.391 e. The Balaban J connectivity index is 2.77. The van der Waals surface area contributed by atoms with Gasteiger partial charge in [0.25, 0.3) is 0 Å². The molecule has 1 unspecified atom stereocenters. The van der Waals surface area contributed by atoms with Gasteiger partial charge in [0.05, 0.1) is 16.7 Å². The molecule has 3 nitrogen and oxygen atoms in total. The molecule has 0 aliphatic heterocycles. The third-order valence-electron chi connectivity index (χ3n) is 1.82. The number of aromatic nitrogens is 1. The SMILES string of the molecule is NCC(O)CSc1ncc(C(F)(F)F)cc1Cl. The molecule has 3 N–H and O–H groups in total. The van der Waals surface area contributed by atoms with Gasteiger partial charge in [-0.3, -0.25) is 0 Å². The lowest BCUT2D eigenvalue weighted by molar-refractivity contribution is -0.137. The Morgan fingerprint density at radius 3 is 2.65 bits per heavy atom. The molecule has 0 bridgehead atoms. The number of nitrogens with two attached hydrogens (primary N) is 1. The Morgan fingerprint density at radius 1 is 1.53 bits per heavy atom. The zero-order chi connectivity index (χ0) is 13.1. The molecule has 17 heavy (non-hydrogen) atoms. The van der Waals surface area contributed by atoms with Gasteiger partial charge in [0.15, 0.2) is 0 Å². The van der Waals surface area contributed by atoms with Crippen LogP contribution in [0.1, 0.15) is 5.56 Å². The number of halogens is 4. The van der Waals surface area contributed by atoms with E-state index in [9.17, 15) is 18.3 Å². The molecule has 0 saturated carbocycles. The number of pyridine rings is 1. The number of hydrogen-bond acceptors (Lipinski definition) is 4. The average molecular weight is 287 g/mol. The second-order valence-corrected chi connectivity index (χ2v) is 4.63. The van der Waals surface area contributed by atoms with Crippen molar-refractivity contribution in [3.8, 4) is 0 Å². The average Bonchev–Trinajstić information content (AvgIpc) is 2.25. The Kier molecular flexibility index (Phi) is 5.05. The fourth-order valence-corrected chi connectivity index (χ4v) is 2.07. The van der Waals surface area contributed by atoms with E-state index >= 15 is 0 Å². The van der Waals surface area contributed by atoms with E-state index < -0.39 is 17.8 Å². The molecular weight excluding hydrogens is 277 g/mol. The first-order chi connectivity index (χ1) is 7.84. The Hall–Kier alpha value is -0.500. The molecule has 8 heteroatoms. The molecule has 0 amide bonds. The summed E-state index contributed by atoms with van der Waals surface area (Å²) in [7, 11) is 0. The lowest BCUT2D eigenvalue weighted by atomic mass is 10.3. The van der Waals surface area contributed by atoms with Crippen LogP contribution < -0.4 is 5.73 Å². The summed E-state index contributed by atoms with van der Waals surface area (Å²) in [6, 6.07) is 0.811. The maximum Gasteiger partial charge on any atom is 0.417 e. The van der Waals surface area contributed by atoms with Crippen molar-refractivity contribution in [2.24, 2.45) is 5.73 Å². The van der Waals surface area contributed by atoms with Gasteiger partial charge in [-0.15, -0.1) is 11.8 Å². The second-order valence-electron chi connectivity index (χ2n) is 3.21. The number of alkyl halides is 3. The molecule has 0 fully saturated rings. The highest BCUT2D eigenvalue weighted by Gasteiger charge is 2.31. The van der Waals surface area contributed by atoms with E-state index in [1.807, 2.05) is 0 Å². The van der Waals surface area contributed by atoms with Crippen molar-refractivity contribution in [2.75, 3.05) is 12.3 Å². The number of thioether (sulfide) groups is 1. The van der Waals surface area contributed by atoms with E-state index in [-0.39, 0.29) is 22.3 Å². The molecule has 0 saturated heterocycles. The van der Waals surface area contributed by atoms with Gasteiger partial charge in [-0.2, -0.15) is 13.2 Å². The molecule has 1 rings (SSSR count). The van der Waals surface area contributed by atoms with Crippen LogP contribution in [0.5, 0.6) is 0 Å². The standard InChI is InChI=1S/C9H10ClF3N2OS/c10-7-1-5(9(11,12)13)3-15-8(7)17-4-6(16)2-14/h1,3,6,16H,2,4,14H2. The molecule has 0 aliphatic carbocycles. The van der Waals surface area contributed by atoms with Gasteiger partial charge in [0, 0.05) is 18.5 Å². The summed E-state index contributed by atoms with van der Waals surface area (Å²) < 4.78 is 36.9. The van der Waals surface area contributed by atoms with Gasteiger partial charge in [-0.25, -0.2) is 4.98 Å². The highest BCUT2D eigenvalue weighted by molar-refractivity contribution is 7.99. The van der Waals surface area contributed by atoms with E-state index in [0.717, 1.165) is 17.8 Å². The number of aliphatic hydroxyl groups is 1. The normalized spacial score (nSPS) is 13.8. The summed E-state index contributed by atoms with van der Waals surface area (Å²) >= 11 is 6.72. The minimum Gasteiger partial charge on any atom is -0.391 e. The van der Waals surface area contributed by atoms with Crippen molar-refractivity contribution < 1.29 is 18.3 Å². The first-order valence-electron chi connectivity index (χ1n) is 4.58. The van der Waals surface area contributed by atoms with Crippen LogP contribution in [-0.4, -0.2) is 28.5 Å². The number of nitrogens with zero attached hydrogens (tertiary/aromatic N) is 1. The van der Waals surface area contributed by atoms with E-state index in [1.165, 1.54) is 0 Å². The summed E-state index contributed by atoms with van der Waals surface area (Å²) in [4.78, 5) is 3.61. The maximum absolute atomic E-state index is 12.3. The van der Waals surface area contributed by atoms with Crippen LogP contribution in [0, 0.1) is 0 Å². The topological polar surface area (TPSA) is 59.1 Å². The first kappa shape index (κ1) is 14.6. The van der Waals surface area contributed by atoms with E-state index in [2.05, 4.69) is 4.98 Å². The van der Waals surface area contributed by atoms with Crippen LogP contribution in [0.15, 0.2) is 17.3 Å². The van der Waals surface area contributed by atoms with Crippen LogP contribution in [0.4, 0.5) is 13.2 Å². The first-order valence-corrected chi connectivity index (χ1v) is 5.94. The predicted molar refractivity (Wildman–Crippen MR) is 60.0 cm³/mol. The predicted octanol–water partition coefficient (Wildman–Crippen LogP) is 2.17. The highest BCUT2D eigenvalue weighted by atomic mass is 35.5. The van der Waals surface area contributed by atoms with Crippen molar-refractivity contribution in [3.05, 3.63) is 22.8 Å². The minimum atomic E-state index is -4.46. The molecule has 1 atom stereocenters. The zero-order valence-corrected chi connectivity index (χ0v) is 10.1. The Morgan fingerprint density at radius 2 is 2.18 bits per heavy atom. The largest absolute Gasteiger partial charge is 0.417 e. The fourth-order valence-electron chi connectivity index (χ4n) is 0.930. The van der Waals surface area contributed by atoms with Gasteiger partial charge in [0.2, 0.25) is 0 Å². The molecule has 0 radical (unpaired) electrons. The molecule has 0 spiro atoms. The quantitative estimate of drug-likeness (QED) is 0.833. The number of aliphatic hydroxyl groups excluding tert-OH is 1. The molecule has 96 valence electrons. The van der Waals surface area contributed by atoms with Crippen LogP contribution in [0.2, 0.25) is 5.02 Å². The second kappa shape index (κ2) is 5.90. The molecule has 1 heterocycles. The third-order valence-corrected chi connectivity index (χ3v) is 3.37. The number of hydrogen-bond donors (Lipinski definition) is 2. The molecule has 0 aliphatic rings. The van der Waals surface area contributed by atoms with Crippen molar-refractivity contribution in [1.29, 1.82) is 0 Å². The van der Waals surface area contributed by atoms with Crippen LogP contribution in [0.25, 0.3) is 0 Å². The van der Waals surface area contributed by atoms with Gasteiger partial charge in [-0.05, 0) is 6.07 Å². The van der Waals surface area contributed by atoms with Gasteiger partial charge >= 0.3 is 6.18 Å². The highest BCUT2D eigenvalue weighted by Crippen LogP contribution is 2.33. The van der Waals surface area contributed by atoms with Crippen molar-refractivity contribution >= 4 is 23.4 Å². The lowest BCUT2D eigenvalue weighted by Crippen LogP contribution is -2.21. The zero-order valence-electron chi connectivity index (χ0n) is 8.54. The molecule has 0 aromatic carbocycles. The van der Waals surface area contributed by atoms with E-state index in [1.54, 1.807) is 0 Å². The molecule has 1 aromatic heterocycles. The van der Waals surface area contributed by atoms with E-state index in [0.29, 0.717) is 6.20 Å². The Labute approximate surface area is 105 Å². The Bertz CT molecular complexity index is 389. The summed E-state index contributed by atoms with van der Waals surface area (Å²) in [5.41, 5.74) is 4.29.